The lowest BCUT2D eigenvalue weighted by molar-refractivity contribution is 0.241. The standard InChI is InChI=1S/C14H20FN3/c1-11(2)9-18(7-3-6-16)10-12-8-13(15)4-5-14(12)17/h4-5,8,11H,3,7,9-10,17H2,1-2H3. The average Bonchev–Trinajstić information content (AvgIpc) is 2.30. The number of nitriles is 1. The molecule has 0 heterocycles. The smallest absolute Gasteiger partial charge is 0.123 e. The minimum absolute atomic E-state index is 0.274. The number of nitrogen functional groups attached to an aromatic ring is 1. The third kappa shape index (κ3) is 4.72. The van der Waals surface area contributed by atoms with Crippen LogP contribution in [0.4, 0.5) is 10.1 Å². The Balaban J connectivity index is 2.75. The molecule has 0 unspecified atom stereocenters. The first-order valence-electron chi connectivity index (χ1n) is 6.16. The van der Waals surface area contributed by atoms with Crippen molar-refractivity contribution >= 4 is 5.69 Å². The maximum absolute atomic E-state index is 13.2. The van der Waals surface area contributed by atoms with Crippen LogP contribution < -0.4 is 5.73 Å². The third-order valence-electron chi connectivity index (χ3n) is 2.66. The summed E-state index contributed by atoms with van der Waals surface area (Å²) in [6.07, 6.45) is 0.474. The van der Waals surface area contributed by atoms with E-state index in [-0.39, 0.29) is 5.82 Å². The Morgan fingerprint density at radius 1 is 1.44 bits per heavy atom. The van der Waals surface area contributed by atoms with Crippen LogP contribution in [0.15, 0.2) is 18.2 Å². The highest BCUT2D eigenvalue weighted by molar-refractivity contribution is 5.46. The normalized spacial score (nSPS) is 10.9. The molecule has 0 atom stereocenters. The molecular formula is C14H20FN3. The van der Waals surface area contributed by atoms with E-state index in [1.807, 2.05) is 0 Å². The molecule has 0 saturated heterocycles. The summed E-state index contributed by atoms with van der Waals surface area (Å²) in [6, 6.07) is 6.55. The van der Waals surface area contributed by atoms with Gasteiger partial charge in [0, 0.05) is 31.7 Å². The highest BCUT2D eigenvalue weighted by atomic mass is 19.1. The maximum Gasteiger partial charge on any atom is 0.123 e. The number of hydrogen-bond acceptors (Lipinski definition) is 3. The second kappa shape index (κ2) is 6.97. The molecular weight excluding hydrogens is 229 g/mol. The molecule has 3 nitrogen and oxygen atoms in total. The van der Waals surface area contributed by atoms with E-state index in [2.05, 4.69) is 24.8 Å². The highest BCUT2D eigenvalue weighted by Gasteiger charge is 2.10. The molecule has 18 heavy (non-hydrogen) atoms. The van der Waals surface area contributed by atoms with Crippen LogP contribution in [-0.4, -0.2) is 18.0 Å². The summed E-state index contributed by atoms with van der Waals surface area (Å²) in [5.74, 6) is 0.224. The molecule has 2 N–H and O–H groups in total. The van der Waals surface area contributed by atoms with Crippen molar-refractivity contribution in [3.8, 4) is 6.07 Å². The molecule has 0 amide bonds. The summed E-state index contributed by atoms with van der Waals surface area (Å²) in [4.78, 5) is 2.14. The Kier molecular flexibility index (Phi) is 5.60. The minimum atomic E-state index is -0.274. The third-order valence-corrected chi connectivity index (χ3v) is 2.66. The summed E-state index contributed by atoms with van der Waals surface area (Å²) in [5, 5.41) is 8.65. The molecule has 0 bridgehead atoms. The summed E-state index contributed by atoms with van der Waals surface area (Å²) in [5.41, 5.74) is 7.22. The largest absolute Gasteiger partial charge is 0.398 e. The predicted molar refractivity (Wildman–Crippen MR) is 71.2 cm³/mol. The fourth-order valence-electron chi connectivity index (χ4n) is 1.91. The number of nitrogens with zero attached hydrogens (tertiary/aromatic N) is 2. The Hall–Kier alpha value is -1.60. The monoisotopic (exact) mass is 249 g/mol. The first-order valence-corrected chi connectivity index (χ1v) is 6.16. The second-order valence-corrected chi connectivity index (χ2v) is 4.88. The number of anilines is 1. The number of halogens is 1. The molecule has 0 aliphatic heterocycles. The van der Waals surface area contributed by atoms with Gasteiger partial charge in [-0.05, 0) is 29.7 Å². The molecule has 0 fully saturated rings. The van der Waals surface area contributed by atoms with Crippen molar-refractivity contribution in [1.82, 2.24) is 4.90 Å². The van der Waals surface area contributed by atoms with E-state index in [1.165, 1.54) is 12.1 Å². The van der Waals surface area contributed by atoms with Crippen molar-refractivity contribution in [1.29, 1.82) is 5.26 Å². The van der Waals surface area contributed by atoms with Crippen LogP contribution in [0.5, 0.6) is 0 Å². The lowest BCUT2D eigenvalue weighted by Crippen LogP contribution is -2.28. The van der Waals surface area contributed by atoms with Gasteiger partial charge in [-0.25, -0.2) is 4.39 Å². The number of nitrogens with two attached hydrogens (primary N) is 1. The number of rotatable bonds is 6. The van der Waals surface area contributed by atoms with E-state index in [0.29, 0.717) is 31.1 Å². The molecule has 0 aliphatic carbocycles. The molecule has 98 valence electrons. The summed E-state index contributed by atoms with van der Waals surface area (Å²) < 4.78 is 13.2. The van der Waals surface area contributed by atoms with E-state index < -0.39 is 0 Å². The van der Waals surface area contributed by atoms with Gasteiger partial charge in [-0.3, -0.25) is 4.90 Å². The van der Waals surface area contributed by atoms with E-state index in [1.54, 1.807) is 6.07 Å². The van der Waals surface area contributed by atoms with Gasteiger partial charge >= 0.3 is 0 Å². The van der Waals surface area contributed by atoms with Gasteiger partial charge in [0.1, 0.15) is 5.82 Å². The van der Waals surface area contributed by atoms with Crippen molar-refractivity contribution in [3.05, 3.63) is 29.6 Å². The Labute approximate surface area is 108 Å². The van der Waals surface area contributed by atoms with E-state index in [9.17, 15) is 4.39 Å². The lowest BCUT2D eigenvalue weighted by atomic mass is 10.1. The highest BCUT2D eigenvalue weighted by Crippen LogP contribution is 2.16. The average molecular weight is 249 g/mol. The van der Waals surface area contributed by atoms with Gasteiger partial charge in [-0.1, -0.05) is 13.8 Å². The van der Waals surface area contributed by atoms with Crippen LogP contribution in [0.2, 0.25) is 0 Å². The van der Waals surface area contributed by atoms with Gasteiger partial charge in [0.25, 0.3) is 0 Å². The van der Waals surface area contributed by atoms with Crippen molar-refractivity contribution in [3.63, 3.8) is 0 Å². The molecule has 0 saturated carbocycles. The van der Waals surface area contributed by atoms with Crippen molar-refractivity contribution < 1.29 is 4.39 Å². The van der Waals surface area contributed by atoms with Crippen LogP contribution in [0.25, 0.3) is 0 Å². The SMILES string of the molecule is CC(C)CN(CCC#N)Cc1cc(F)ccc1N. The van der Waals surface area contributed by atoms with Gasteiger partial charge in [0.15, 0.2) is 0 Å². The zero-order chi connectivity index (χ0) is 13.5. The molecule has 4 heteroatoms. The second-order valence-electron chi connectivity index (χ2n) is 4.88. The number of benzene rings is 1. The van der Waals surface area contributed by atoms with Gasteiger partial charge < -0.3 is 5.73 Å². The van der Waals surface area contributed by atoms with Gasteiger partial charge in [0.2, 0.25) is 0 Å². The molecule has 0 aliphatic rings. The molecule has 1 rings (SSSR count). The summed E-state index contributed by atoms with van der Waals surface area (Å²) in [6.45, 7) is 6.38. The van der Waals surface area contributed by atoms with E-state index in [0.717, 1.165) is 12.1 Å². The van der Waals surface area contributed by atoms with Gasteiger partial charge in [0.05, 0.1) is 6.07 Å². The molecule has 0 aromatic heterocycles. The van der Waals surface area contributed by atoms with Crippen molar-refractivity contribution in [2.75, 3.05) is 18.8 Å². The van der Waals surface area contributed by atoms with Gasteiger partial charge in [-0.15, -0.1) is 0 Å². The molecule has 0 radical (unpaired) electrons. The maximum atomic E-state index is 13.2. The molecule has 1 aromatic rings. The molecule has 0 spiro atoms. The van der Waals surface area contributed by atoms with E-state index in [4.69, 9.17) is 11.0 Å². The zero-order valence-electron chi connectivity index (χ0n) is 11.0. The minimum Gasteiger partial charge on any atom is -0.398 e. The van der Waals surface area contributed by atoms with E-state index >= 15 is 0 Å². The lowest BCUT2D eigenvalue weighted by Gasteiger charge is -2.24. The Bertz CT molecular complexity index is 424. The zero-order valence-corrected chi connectivity index (χ0v) is 11.0. The fourth-order valence-corrected chi connectivity index (χ4v) is 1.91. The summed E-state index contributed by atoms with van der Waals surface area (Å²) in [7, 11) is 0. The predicted octanol–water partition coefficient (Wildman–Crippen LogP) is 2.78. The van der Waals surface area contributed by atoms with Gasteiger partial charge in [-0.2, -0.15) is 5.26 Å². The van der Waals surface area contributed by atoms with Crippen LogP contribution in [0, 0.1) is 23.1 Å². The van der Waals surface area contributed by atoms with Crippen molar-refractivity contribution in [2.45, 2.75) is 26.8 Å². The Morgan fingerprint density at radius 2 is 2.17 bits per heavy atom. The van der Waals surface area contributed by atoms with Crippen LogP contribution in [-0.2, 0) is 6.54 Å². The fraction of sp³-hybridized carbons (Fsp3) is 0.500. The molecule has 1 aromatic carbocycles. The first-order chi connectivity index (χ1) is 8.52. The summed E-state index contributed by atoms with van der Waals surface area (Å²) >= 11 is 0. The first kappa shape index (κ1) is 14.5. The quantitative estimate of drug-likeness (QED) is 0.789. The number of hydrogen-bond donors (Lipinski definition) is 1. The van der Waals surface area contributed by atoms with Crippen LogP contribution in [0.1, 0.15) is 25.8 Å². The van der Waals surface area contributed by atoms with Crippen LogP contribution >= 0.6 is 0 Å². The topological polar surface area (TPSA) is 53.0 Å². The van der Waals surface area contributed by atoms with Crippen molar-refractivity contribution in [2.24, 2.45) is 5.92 Å². The van der Waals surface area contributed by atoms with Crippen LogP contribution in [0.3, 0.4) is 0 Å². The Morgan fingerprint density at radius 3 is 2.78 bits per heavy atom.